The van der Waals surface area contributed by atoms with E-state index in [1.54, 1.807) is 6.92 Å². The number of rotatable bonds is 4. The predicted octanol–water partition coefficient (Wildman–Crippen LogP) is 0.954. The minimum Gasteiger partial charge on any atom is -0.313 e. The molecule has 1 aromatic rings. The number of nitrogens with one attached hydrogen (secondary N) is 1. The molecule has 0 saturated carbocycles. The lowest BCUT2D eigenvalue weighted by molar-refractivity contribution is 0.0943. The van der Waals surface area contributed by atoms with Crippen molar-refractivity contribution in [2.75, 3.05) is 6.54 Å². The molecule has 0 saturated heterocycles. The molecule has 2 N–H and O–H groups in total. The van der Waals surface area contributed by atoms with Crippen LogP contribution in [-0.4, -0.2) is 46.6 Å². The molecule has 0 bridgehead atoms. The van der Waals surface area contributed by atoms with Gasteiger partial charge in [0.2, 0.25) is 0 Å². The number of hydrogen-bond acceptors (Lipinski definition) is 6. The first-order valence-corrected chi connectivity index (χ1v) is 8.30. The Morgan fingerprint density at radius 3 is 2.81 bits per heavy atom. The molecule has 1 aliphatic heterocycles. The molecular weight excluding hydrogens is 342 g/mol. The van der Waals surface area contributed by atoms with Crippen LogP contribution in [-0.2, 0) is 10.1 Å². The first kappa shape index (κ1) is 15.9. The molecule has 0 fully saturated rings. The van der Waals surface area contributed by atoms with E-state index in [1.807, 2.05) is 0 Å². The number of nitrogens with zero attached hydrogens (tertiary/aromatic N) is 2. The molecule has 21 heavy (non-hydrogen) atoms. The maximum absolute atomic E-state index is 12.1. The van der Waals surface area contributed by atoms with E-state index in [4.69, 9.17) is 11.6 Å². The highest BCUT2D eigenvalue weighted by Crippen LogP contribution is 2.24. The topological polar surface area (TPSA) is 117 Å². The first-order chi connectivity index (χ1) is 9.71. The summed E-state index contributed by atoms with van der Waals surface area (Å²) in [5.74, 6) is -0.495. The molecule has 0 radical (unpaired) electrons. The fraction of sp³-hybridized carbons (Fsp3) is 0.300. The van der Waals surface area contributed by atoms with Gasteiger partial charge in [0.25, 0.3) is 10.1 Å². The van der Waals surface area contributed by atoms with Gasteiger partial charge in [-0.05, 0) is 6.92 Å². The number of Topliss-reactive ketones (excluding diaryl/α,β-unsaturated/α-hetero) is 1. The van der Waals surface area contributed by atoms with E-state index >= 15 is 0 Å². The maximum atomic E-state index is 12.1. The smallest absolute Gasteiger partial charge is 0.313 e. The van der Waals surface area contributed by atoms with Gasteiger partial charge in [-0.25, -0.2) is 9.78 Å². The average molecular weight is 352 g/mol. The Hall–Kier alpha value is -1.49. The van der Waals surface area contributed by atoms with Gasteiger partial charge in [-0.15, -0.1) is 11.3 Å². The Morgan fingerprint density at radius 2 is 2.29 bits per heavy atom. The van der Waals surface area contributed by atoms with Gasteiger partial charge in [-0.1, -0.05) is 11.6 Å². The van der Waals surface area contributed by atoms with Crippen molar-refractivity contribution in [2.45, 2.75) is 12.3 Å². The van der Waals surface area contributed by atoms with Gasteiger partial charge < -0.3 is 5.32 Å². The minimum atomic E-state index is -4.68. The highest BCUT2D eigenvalue weighted by atomic mass is 35.5. The molecule has 0 spiro atoms. The van der Waals surface area contributed by atoms with Gasteiger partial charge in [0.15, 0.2) is 11.2 Å². The number of thiazole rings is 1. The molecule has 0 aromatic carbocycles. The van der Waals surface area contributed by atoms with Crippen molar-refractivity contribution in [1.29, 1.82) is 0 Å². The number of aryl methyl sites for hydroxylation is 1. The summed E-state index contributed by atoms with van der Waals surface area (Å²) in [4.78, 5) is 28.8. The van der Waals surface area contributed by atoms with Crippen LogP contribution in [0.15, 0.2) is 16.7 Å². The summed E-state index contributed by atoms with van der Waals surface area (Å²) in [6, 6.07) is -0.849. The zero-order valence-electron chi connectivity index (χ0n) is 10.6. The summed E-state index contributed by atoms with van der Waals surface area (Å²) in [5, 5.41) is 0.0874. The highest BCUT2D eigenvalue weighted by Gasteiger charge is 2.40. The molecule has 1 aromatic heterocycles. The molecule has 2 amide bonds. The molecular formula is C10H10ClN3O5S2. The van der Waals surface area contributed by atoms with Crippen molar-refractivity contribution in [3.63, 3.8) is 0 Å². The van der Waals surface area contributed by atoms with Crippen molar-refractivity contribution < 1.29 is 22.6 Å². The fourth-order valence-corrected chi connectivity index (χ4v) is 3.88. The van der Waals surface area contributed by atoms with Crippen LogP contribution in [0.4, 0.5) is 4.79 Å². The summed E-state index contributed by atoms with van der Waals surface area (Å²) in [7, 11) is -4.68. The summed E-state index contributed by atoms with van der Waals surface area (Å²) >= 11 is 6.79. The van der Waals surface area contributed by atoms with Crippen LogP contribution in [0.25, 0.3) is 0 Å². The normalized spacial score (nSPS) is 19.2. The predicted molar refractivity (Wildman–Crippen MR) is 75.7 cm³/mol. The van der Waals surface area contributed by atoms with E-state index < -0.39 is 33.9 Å². The number of hydrogen-bond donors (Lipinski definition) is 2. The van der Waals surface area contributed by atoms with Gasteiger partial charge in [-0.2, -0.15) is 8.42 Å². The average Bonchev–Trinajstić information content (AvgIpc) is 2.78. The second kappa shape index (κ2) is 5.72. The number of amides is 2. The monoisotopic (exact) mass is 351 g/mol. The number of halogens is 1. The van der Waals surface area contributed by atoms with E-state index in [0.29, 0.717) is 15.5 Å². The second-order valence-electron chi connectivity index (χ2n) is 4.16. The number of carbonyl (C=O) groups excluding carboxylic acids is 2. The third-order valence-electron chi connectivity index (χ3n) is 2.71. The van der Waals surface area contributed by atoms with E-state index in [-0.39, 0.29) is 5.03 Å². The quantitative estimate of drug-likeness (QED) is 0.616. The third kappa shape index (κ3) is 3.23. The Morgan fingerprint density at radius 1 is 1.62 bits per heavy atom. The largest absolute Gasteiger partial charge is 0.323 e. The lowest BCUT2D eigenvalue weighted by Crippen LogP contribution is -2.53. The van der Waals surface area contributed by atoms with Crippen LogP contribution in [0.5, 0.6) is 0 Å². The minimum absolute atomic E-state index is 0.308. The third-order valence-corrected chi connectivity index (χ3v) is 5.20. The molecule has 1 atom stereocenters. The summed E-state index contributed by atoms with van der Waals surface area (Å²) in [6.07, 6.45) is 0.960. The van der Waals surface area contributed by atoms with Crippen LogP contribution in [0.3, 0.4) is 0 Å². The van der Waals surface area contributed by atoms with E-state index in [1.165, 1.54) is 5.51 Å². The second-order valence-corrected chi connectivity index (χ2v) is 6.93. The van der Waals surface area contributed by atoms with Gasteiger partial charge in [0.1, 0.15) is 0 Å². The number of carbonyl (C=O) groups is 2. The van der Waals surface area contributed by atoms with Gasteiger partial charge in [-0.3, -0.25) is 14.2 Å². The van der Waals surface area contributed by atoms with E-state index in [2.05, 4.69) is 10.3 Å². The summed E-state index contributed by atoms with van der Waals surface area (Å²) in [6.45, 7) is 1.07. The Labute approximate surface area is 129 Å². The Balaban J connectivity index is 2.32. The van der Waals surface area contributed by atoms with Gasteiger partial charge >= 0.3 is 6.03 Å². The van der Waals surface area contributed by atoms with Crippen LogP contribution >= 0.6 is 22.9 Å². The SMILES string of the molecule is Cc1ncsc1C(=O)CN1C(=O)NC=C(Cl)C1S(=O)(=O)O. The zero-order chi connectivity index (χ0) is 15.8. The van der Waals surface area contributed by atoms with Crippen molar-refractivity contribution in [3.8, 4) is 0 Å². The lowest BCUT2D eigenvalue weighted by atomic mass is 10.2. The number of aromatic nitrogens is 1. The standard InChI is InChI=1S/C10H10ClN3O5S2/c1-5-8(20-4-13-5)7(15)3-14-9(21(17,18)19)6(11)2-12-10(14)16/h2,4,9H,3H2,1H3,(H,12,16)(H,17,18,19). The Kier molecular flexibility index (Phi) is 4.33. The van der Waals surface area contributed by atoms with Crippen molar-refractivity contribution in [3.05, 3.63) is 27.3 Å². The van der Waals surface area contributed by atoms with Gasteiger partial charge in [0, 0.05) is 6.20 Å². The van der Waals surface area contributed by atoms with Crippen LogP contribution < -0.4 is 5.32 Å². The molecule has 114 valence electrons. The van der Waals surface area contributed by atoms with E-state index in [0.717, 1.165) is 17.5 Å². The summed E-state index contributed by atoms with van der Waals surface area (Å²) in [5.41, 5.74) is 1.94. The highest BCUT2D eigenvalue weighted by molar-refractivity contribution is 7.86. The molecule has 2 rings (SSSR count). The molecule has 0 aliphatic carbocycles. The van der Waals surface area contributed by atoms with Crippen molar-refractivity contribution in [1.82, 2.24) is 15.2 Å². The first-order valence-electron chi connectivity index (χ1n) is 5.54. The molecule has 1 unspecified atom stereocenters. The van der Waals surface area contributed by atoms with Crippen LogP contribution in [0.2, 0.25) is 0 Å². The molecule has 11 heteroatoms. The van der Waals surface area contributed by atoms with Crippen LogP contribution in [0, 0.1) is 6.92 Å². The van der Waals surface area contributed by atoms with Crippen molar-refractivity contribution in [2.24, 2.45) is 0 Å². The lowest BCUT2D eigenvalue weighted by Gasteiger charge is -2.31. The Bertz CT molecular complexity index is 727. The molecule has 1 aliphatic rings. The zero-order valence-corrected chi connectivity index (χ0v) is 13.0. The maximum Gasteiger partial charge on any atom is 0.323 e. The number of ketones is 1. The molecule has 8 nitrogen and oxygen atoms in total. The van der Waals surface area contributed by atoms with Crippen molar-refractivity contribution >= 4 is 44.9 Å². The fourth-order valence-electron chi connectivity index (χ4n) is 1.79. The molecule has 2 heterocycles. The van der Waals surface area contributed by atoms with E-state index in [9.17, 15) is 22.6 Å². The number of urea groups is 1. The summed E-state index contributed by atoms with van der Waals surface area (Å²) < 4.78 is 32.0. The van der Waals surface area contributed by atoms with Gasteiger partial charge in [0.05, 0.1) is 27.7 Å². The van der Waals surface area contributed by atoms with Crippen LogP contribution in [0.1, 0.15) is 15.4 Å².